The number of alkyl halides is 3. The number of hydrogen-bond donors (Lipinski definition) is 1. The zero-order valence-electron chi connectivity index (χ0n) is 15.4. The van der Waals surface area contributed by atoms with E-state index in [1.165, 1.54) is 23.1 Å². The molecule has 1 amide bonds. The van der Waals surface area contributed by atoms with Crippen LogP contribution in [-0.2, 0) is 20.3 Å². The first-order valence-corrected chi connectivity index (χ1v) is 8.54. The molecule has 0 bridgehead atoms. The molecule has 0 aliphatic carbocycles. The second kappa shape index (κ2) is 6.73. The molecule has 0 fully saturated rings. The topological polar surface area (TPSA) is 77.6 Å². The lowest BCUT2D eigenvalue weighted by Crippen LogP contribution is -2.18. The number of rotatable bonds is 3. The first-order valence-electron chi connectivity index (χ1n) is 8.54. The predicted molar refractivity (Wildman–Crippen MR) is 100 cm³/mol. The maximum Gasteiger partial charge on any atom is 0.417 e. The average Bonchev–Trinajstić information content (AvgIpc) is 3.25. The molecule has 0 atom stereocenters. The van der Waals surface area contributed by atoms with E-state index in [1.54, 1.807) is 42.9 Å². The van der Waals surface area contributed by atoms with Crippen LogP contribution in [0.4, 0.5) is 19.0 Å². The van der Waals surface area contributed by atoms with Gasteiger partial charge in [0.1, 0.15) is 17.8 Å². The monoisotopic (exact) mass is 400 g/mol. The molecule has 0 aliphatic heterocycles. The van der Waals surface area contributed by atoms with Crippen molar-refractivity contribution in [2.45, 2.75) is 6.18 Å². The maximum atomic E-state index is 13.4. The van der Waals surface area contributed by atoms with E-state index < -0.39 is 17.6 Å². The van der Waals surface area contributed by atoms with Crippen molar-refractivity contribution in [3.8, 4) is 11.3 Å². The highest BCUT2D eigenvalue weighted by atomic mass is 19.4. The largest absolute Gasteiger partial charge is 0.417 e. The number of anilines is 1. The second-order valence-electron chi connectivity index (χ2n) is 6.40. The third kappa shape index (κ3) is 3.33. The number of benzene rings is 1. The summed E-state index contributed by atoms with van der Waals surface area (Å²) in [4.78, 5) is 20.5. The van der Waals surface area contributed by atoms with Crippen LogP contribution in [0, 0.1) is 0 Å². The van der Waals surface area contributed by atoms with Gasteiger partial charge in [0.05, 0.1) is 11.3 Å². The van der Waals surface area contributed by atoms with Gasteiger partial charge in [-0.25, -0.2) is 14.6 Å². The third-order valence-electron chi connectivity index (χ3n) is 4.54. The Bertz CT molecular complexity index is 1220. The zero-order chi connectivity index (χ0) is 20.8. The number of hydrogen-bond acceptors (Lipinski definition) is 4. The minimum atomic E-state index is -4.48. The molecule has 3 aromatic heterocycles. The molecule has 4 aromatic rings. The van der Waals surface area contributed by atoms with Gasteiger partial charge in [-0.15, -0.1) is 0 Å². The molecule has 1 N–H and O–H groups in total. The Balaban J connectivity index is 1.75. The van der Waals surface area contributed by atoms with Crippen LogP contribution in [0.2, 0.25) is 0 Å². The maximum absolute atomic E-state index is 13.4. The number of fused-ring (bicyclic) bond motifs is 1. The lowest BCUT2D eigenvalue weighted by atomic mass is 10.0. The smallest absolute Gasteiger partial charge is 0.328 e. The molecule has 0 saturated heterocycles. The summed E-state index contributed by atoms with van der Waals surface area (Å²) in [6.07, 6.45) is -3.22. The van der Waals surface area contributed by atoms with Crippen LogP contribution in [0.15, 0.2) is 48.8 Å². The highest BCUT2D eigenvalue weighted by Crippen LogP contribution is 2.38. The summed E-state index contributed by atoms with van der Waals surface area (Å²) in [5, 5.41) is 7.11. The van der Waals surface area contributed by atoms with Gasteiger partial charge in [-0.1, -0.05) is 18.2 Å². The SMILES string of the molecule is Cn1ncnc1C(=O)Nc1ccc2cc(-c3ccccc3C(F)(F)F)n(C)c2n1. The van der Waals surface area contributed by atoms with Crippen LogP contribution >= 0.6 is 0 Å². The fourth-order valence-corrected chi connectivity index (χ4v) is 3.15. The van der Waals surface area contributed by atoms with Crippen LogP contribution in [0.1, 0.15) is 16.2 Å². The zero-order valence-corrected chi connectivity index (χ0v) is 15.4. The second-order valence-corrected chi connectivity index (χ2v) is 6.40. The van der Waals surface area contributed by atoms with E-state index in [-0.39, 0.29) is 17.2 Å². The standard InChI is InChI=1S/C19H15F3N6O/c1-27-14(12-5-3-4-6-13(12)19(20,21)22)9-11-7-8-15(25-16(11)27)26-18(29)17-23-10-24-28(17)2/h3-10H,1-2H3,(H,25,26,29). The van der Waals surface area contributed by atoms with E-state index in [1.807, 2.05) is 0 Å². The summed E-state index contributed by atoms with van der Waals surface area (Å²) < 4.78 is 43.1. The van der Waals surface area contributed by atoms with E-state index in [0.29, 0.717) is 16.7 Å². The lowest BCUT2D eigenvalue weighted by molar-refractivity contribution is -0.137. The van der Waals surface area contributed by atoms with Crippen LogP contribution in [0.25, 0.3) is 22.3 Å². The van der Waals surface area contributed by atoms with E-state index in [0.717, 1.165) is 6.07 Å². The molecule has 29 heavy (non-hydrogen) atoms. The van der Waals surface area contributed by atoms with Gasteiger partial charge in [-0.05, 0) is 24.3 Å². The van der Waals surface area contributed by atoms with E-state index >= 15 is 0 Å². The van der Waals surface area contributed by atoms with Gasteiger partial charge in [0, 0.05) is 25.0 Å². The molecule has 148 valence electrons. The fourth-order valence-electron chi connectivity index (χ4n) is 3.15. The number of aromatic nitrogens is 5. The van der Waals surface area contributed by atoms with Crippen molar-refractivity contribution in [3.63, 3.8) is 0 Å². The van der Waals surface area contributed by atoms with Crippen LogP contribution in [0.3, 0.4) is 0 Å². The fraction of sp³-hybridized carbons (Fsp3) is 0.158. The molecule has 3 heterocycles. The Kier molecular flexibility index (Phi) is 4.33. The molecule has 0 unspecified atom stereocenters. The Morgan fingerprint density at radius 2 is 1.86 bits per heavy atom. The molecule has 1 aromatic carbocycles. The average molecular weight is 400 g/mol. The minimum absolute atomic E-state index is 0.0603. The van der Waals surface area contributed by atoms with E-state index in [4.69, 9.17) is 0 Å². The molecule has 10 heteroatoms. The summed E-state index contributed by atoms with van der Waals surface area (Å²) in [6, 6.07) is 10.3. The molecule has 0 saturated carbocycles. The lowest BCUT2D eigenvalue weighted by Gasteiger charge is -2.13. The van der Waals surface area contributed by atoms with E-state index in [2.05, 4.69) is 20.4 Å². The van der Waals surface area contributed by atoms with Crippen LogP contribution in [0.5, 0.6) is 0 Å². The minimum Gasteiger partial charge on any atom is -0.328 e. The summed E-state index contributed by atoms with van der Waals surface area (Å²) in [7, 11) is 3.21. The number of carbonyl (C=O) groups is 1. The summed E-state index contributed by atoms with van der Waals surface area (Å²) in [5.41, 5.74) is 0.150. The molecular weight excluding hydrogens is 385 g/mol. The Morgan fingerprint density at radius 3 is 2.55 bits per heavy atom. The van der Waals surface area contributed by atoms with Gasteiger partial charge in [0.2, 0.25) is 5.82 Å². The number of amides is 1. The first kappa shape index (κ1) is 18.7. The van der Waals surface area contributed by atoms with Crippen molar-refractivity contribution >= 4 is 22.8 Å². The van der Waals surface area contributed by atoms with Crippen molar-refractivity contribution in [1.82, 2.24) is 24.3 Å². The third-order valence-corrected chi connectivity index (χ3v) is 4.54. The molecule has 0 aliphatic rings. The van der Waals surface area contributed by atoms with Crippen molar-refractivity contribution in [3.05, 3.63) is 60.2 Å². The van der Waals surface area contributed by atoms with Crippen molar-refractivity contribution in [2.75, 3.05) is 5.32 Å². The van der Waals surface area contributed by atoms with Gasteiger partial charge in [0.25, 0.3) is 5.91 Å². The number of nitrogens with one attached hydrogen (secondary N) is 1. The number of pyridine rings is 1. The molecule has 7 nitrogen and oxygen atoms in total. The highest BCUT2D eigenvalue weighted by Gasteiger charge is 2.34. The van der Waals surface area contributed by atoms with Gasteiger partial charge < -0.3 is 9.88 Å². The van der Waals surface area contributed by atoms with Gasteiger partial charge >= 0.3 is 6.18 Å². The Hall–Kier alpha value is -3.69. The summed E-state index contributed by atoms with van der Waals surface area (Å²) in [6.45, 7) is 0. The first-order chi connectivity index (χ1) is 13.8. The van der Waals surface area contributed by atoms with Gasteiger partial charge in [-0.3, -0.25) is 4.79 Å². The summed E-state index contributed by atoms with van der Waals surface area (Å²) >= 11 is 0. The van der Waals surface area contributed by atoms with Gasteiger partial charge in [-0.2, -0.15) is 18.3 Å². The number of aryl methyl sites for hydroxylation is 2. The quantitative estimate of drug-likeness (QED) is 0.570. The van der Waals surface area contributed by atoms with Crippen molar-refractivity contribution in [2.24, 2.45) is 14.1 Å². The Labute approximate surface area is 162 Å². The highest BCUT2D eigenvalue weighted by molar-refractivity contribution is 6.01. The Morgan fingerprint density at radius 1 is 1.10 bits per heavy atom. The van der Waals surface area contributed by atoms with E-state index in [9.17, 15) is 18.0 Å². The number of nitrogens with zero attached hydrogens (tertiary/aromatic N) is 5. The predicted octanol–water partition coefficient (Wildman–Crippen LogP) is 3.64. The van der Waals surface area contributed by atoms with Crippen molar-refractivity contribution in [1.29, 1.82) is 0 Å². The normalized spacial score (nSPS) is 11.8. The van der Waals surface area contributed by atoms with Crippen LogP contribution in [-0.4, -0.2) is 30.2 Å². The molecule has 4 rings (SSSR count). The van der Waals surface area contributed by atoms with Crippen molar-refractivity contribution < 1.29 is 18.0 Å². The molecular formula is C19H15F3N6O. The molecule has 0 radical (unpaired) electrons. The molecule has 0 spiro atoms. The van der Waals surface area contributed by atoms with Crippen LogP contribution < -0.4 is 5.32 Å². The summed E-state index contributed by atoms with van der Waals surface area (Å²) in [5.74, 6) is -0.130. The van der Waals surface area contributed by atoms with Gasteiger partial charge in [0.15, 0.2) is 0 Å². The number of carbonyl (C=O) groups excluding carboxylic acids is 1. The number of halogens is 3.